The Bertz CT molecular complexity index is 798. The lowest BCUT2D eigenvalue weighted by molar-refractivity contribution is -0.164. The average molecular weight is 431 g/mol. The van der Waals surface area contributed by atoms with E-state index in [1.54, 1.807) is 25.4 Å². The first-order valence-corrected chi connectivity index (χ1v) is 11.5. The first-order chi connectivity index (χ1) is 15.1. The van der Waals surface area contributed by atoms with E-state index in [9.17, 15) is 9.59 Å². The second-order valence-corrected chi connectivity index (χ2v) is 8.81. The average Bonchev–Trinajstić information content (AvgIpc) is 2.83. The number of aromatic nitrogens is 1. The summed E-state index contributed by atoms with van der Waals surface area (Å²) in [7, 11) is 1.62. The van der Waals surface area contributed by atoms with Gasteiger partial charge >= 0.3 is 5.97 Å². The molecule has 3 aliphatic rings. The number of amides is 1. The molecule has 1 aromatic rings. The van der Waals surface area contributed by atoms with Crippen LogP contribution in [-0.2, 0) is 14.3 Å². The van der Waals surface area contributed by atoms with E-state index in [-0.39, 0.29) is 17.8 Å². The van der Waals surface area contributed by atoms with E-state index in [4.69, 9.17) is 9.47 Å². The van der Waals surface area contributed by atoms with E-state index in [2.05, 4.69) is 20.1 Å². The number of nitrogens with zero attached hydrogens (tertiary/aromatic N) is 3. The molecule has 0 spiro atoms. The Kier molecular flexibility index (Phi) is 6.77. The van der Waals surface area contributed by atoms with Gasteiger partial charge in [-0.2, -0.15) is 0 Å². The third kappa shape index (κ3) is 4.28. The SMILES string of the molecule is CCOC(=O)[C@@]12CC[C@H](N3CCOCC3)C[C@H]1CCN(c1ncccc1C(=O)NC)C2. The van der Waals surface area contributed by atoms with Crippen LogP contribution in [0.1, 0.15) is 43.0 Å². The summed E-state index contributed by atoms with van der Waals surface area (Å²) in [4.78, 5) is 34.9. The molecular weight excluding hydrogens is 396 g/mol. The van der Waals surface area contributed by atoms with Crippen molar-refractivity contribution in [1.29, 1.82) is 0 Å². The van der Waals surface area contributed by atoms with Crippen LogP contribution in [0.5, 0.6) is 0 Å². The van der Waals surface area contributed by atoms with Crippen LogP contribution >= 0.6 is 0 Å². The van der Waals surface area contributed by atoms with Crippen LogP contribution in [0.4, 0.5) is 5.82 Å². The zero-order valence-corrected chi connectivity index (χ0v) is 18.6. The van der Waals surface area contributed by atoms with Gasteiger partial charge in [0.15, 0.2) is 0 Å². The van der Waals surface area contributed by atoms with Gasteiger partial charge in [0, 0.05) is 45.5 Å². The number of esters is 1. The molecule has 1 N–H and O–H groups in total. The Morgan fingerprint density at radius 1 is 1.29 bits per heavy atom. The van der Waals surface area contributed by atoms with Crippen molar-refractivity contribution >= 4 is 17.7 Å². The highest BCUT2D eigenvalue weighted by Gasteiger charge is 2.54. The Hall–Kier alpha value is -2.19. The molecule has 2 aliphatic heterocycles. The van der Waals surface area contributed by atoms with E-state index in [0.717, 1.165) is 58.5 Å². The molecule has 1 amide bonds. The fourth-order valence-electron chi connectivity index (χ4n) is 5.66. The zero-order valence-electron chi connectivity index (χ0n) is 18.6. The van der Waals surface area contributed by atoms with Gasteiger partial charge in [0.05, 0.1) is 30.8 Å². The van der Waals surface area contributed by atoms with E-state index >= 15 is 0 Å². The van der Waals surface area contributed by atoms with Crippen LogP contribution in [0, 0.1) is 11.3 Å². The molecule has 8 heteroatoms. The van der Waals surface area contributed by atoms with Gasteiger partial charge in [0.1, 0.15) is 5.82 Å². The van der Waals surface area contributed by atoms with Crippen molar-refractivity contribution in [1.82, 2.24) is 15.2 Å². The molecule has 2 saturated heterocycles. The summed E-state index contributed by atoms with van der Waals surface area (Å²) in [5.41, 5.74) is -0.00130. The van der Waals surface area contributed by atoms with Crippen LogP contribution in [0.2, 0.25) is 0 Å². The molecule has 170 valence electrons. The molecule has 8 nitrogen and oxygen atoms in total. The maximum absolute atomic E-state index is 13.3. The van der Waals surface area contributed by atoms with Crippen molar-refractivity contribution in [3.05, 3.63) is 23.9 Å². The number of fused-ring (bicyclic) bond motifs is 1. The fraction of sp³-hybridized carbons (Fsp3) is 0.696. The van der Waals surface area contributed by atoms with E-state index in [1.807, 2.05) is 6.92 Å². The minimum absolute atomic E-state index is 0.0949. The lowest BCUT2D eigenvalue weighted by Crippen LogP contribution is -2.59. The number of piperidine rings is 1. The third-order valence-corrected chi connectivity index (χ3v) is 7.28. The summed E-state index contributed by atoms with van der Waals surface area (Å²) in [6, 6.07) is 4.06. The topological polar surface area (TPSA) is 84.0 Å². The van der Waals surface area contributed by atoms with E-state index in [1.165, 1.54) is 0 Å². The molecular formula is C23H34N4O4. The summed E-state index contributed by atoms with van der Waals surface area (Å²) in [6.07, 6.45) is 5.39. The predicted molar refractivity (Wildman–Crippen MR) is 117 cm³/mol. The first-order valence-electron chi connectivity index (χ1n) is 11.5. The highest BCUT2D eigenvalue weighted by Crippen LogP contribution is 2.49. The largest absolute Gasteiger partial charge is 0.466 e. The summed E-state index contributed by atoms with van der Waals surface area (Å²) >= 11 is 0. The maximum Gasteiger partial charge on any atom is 0.314 e. The molecule has 0 unspecified atom stereocenters. The van der Waals surface area contributed by atoms with Gasteiger partial charge in [-0.15, -0.1) is 0 Å². The minimum Gasteiger partial charge on any atom is -0.466 e. The Balaban J connectivity index is 1.59. The van der Waals surface area contributed by atoms with Gasteiger partial charge in [-0.25, -0.2) is 4.98 Å². The molecule has 4 rings (SSSR count). The van der Waals surface area contributed by atoms with Crippen LogP contribution in [-0.4, -0.2) is 80.8 Å². The second kappa shape index (κ2) is 9.53. The summed E-state index contributed by atoms with van der Waals surface area (Å²) in [5.74, 6) is 0.671. The monoisotopic (exact) mass is 430 g/mol. The third-order valence-electron chi connectivity index (χ3n) is 7.28. The normalized spacial score (nSPS) is 29.2. The van der Waals surface area contributed by atoms with Crippen LogP contribution in [0.25, 0.3) is 0 Å². The van der Waals surface area contributed by atoms with Crippen LogP contribution < -0.4 is 10.2 Å². The highest BCUT2D eigenvalue weighted by molar-refractivity contribution is 5.98. The second-order valence-electron chi connectivity index (χ2n) is 8.81. The van der Waals surface area contributed by atoms with Crippen LogP contribution in [0.3, 0.4) is 0 Å². The molecule has 31 heavy (non-hydrogen) atoms. The number of pyridine rings is 1. The van der Waals surface area contributed by atoms with Crippen molar-refractivity contribution in [2.75, 3.05) is 57.9 Å². The molecule has 0 aromatic carbocycles. The molecule has 3 fully saturated rings. The molecule has 3 atom stereocenters. The number of anilines is 1. The van der Waals surface area contributed by atoms with Gasteiger partial charge in [-0.3, -0.25) is 14.5 Å². The number of carbonyl (C=O) groups is 2. The number of hydrogen-bond donors (Lipinski definition) is 1. The zero-order chi connectivity index (χ0) is 21.8. The van der Waals surface area contributed by atoms with Crippen molar-refractivity contribution < 1.29 is 19.1 Å². The van der Waals surface area contributed by atoms with Crippen molar-refractivity contribution in [3.8, 4) is 0 Å². The number of rotatable bonds is 5. The molecule has 1 aromatic heterocycles. The first kappa shape index (κ1) is 22.0. The lowest BCUT2D eigenvalue weighted by atomic mass is 9.61. The number of ether oxygens (including phenoxy) is 2. The van der Waals surface area contributed by atoms with Crippen molar-refractivity contribution in [3.63, 3.8) is 0 Å². The predicted octanol–water partition coefficient (Wildman–Crippen LogP) is 1.70. The van der Waals surface area contributed by atoms with Crippen molar-refractivity contribution in [2.24, 2.45) is 11.3 Å². The summed E-state index contributed by atoms with van der Waals surface area (Å²) in [5, 5.41) is 2.70. The van der Waals surface area contributed by atoms with Gasteiger partial charge in [0.25, 0.3) is 5.91 Å². The standard InChI is InChI=1S/C23H34N4O4/c1-3-31-22(29)23-8-6-18(26-11-13-30-14-12-26)15-17(23)7-10-27(16-23)20-19(21(28)24-2)5-4-9-25-20/h4-5,9,17-18H,3,6-8,10-16H2,1-2H3,(H,24,28)/t17-,18+,23-/m1/s1. The number of hydrogen-bond acceptors (Lipinski definition) is 7. The number of nitrogens with one attached hydrogen (secondary N) is 1. The number of morpholine rings is 1. The van der Waals surface area contributed by atoms with Gasteiger partial charge in [-0.05, 0) is 50.7 Å². The number of carbonyl (C=O) groups excluding carboxylic acids is 2. The van der Waals surface area contributed by atoms with Crippen molar-refractivity contribution in [2.45, 2.75) is 38.6 Å². The Labute approximate surface area is 184 Å². The fourth-order valence-corrected chi connectivity index (χ4v) is 5.66. The molecule has 1 aliphatic carbocycles. The molecule has 0 bridgehead atoms. The maximum atomic E-state index is 13.3. The van der Waals surface area contributed by atoms with Gasteiger partial charge < -0.3 is 19.7 Å². The molecule has 1 saturated carbocycles. The van der Waals surface area contributed by atoms with E-state index in [0.29, 0.717) is 30.6 Å². The smallest absolute Gasteiger partial charge is 0.314 e. The molecule has 0 radical (unpaired) electrons. The summed E-state index contributed by atoms with van der Waals surface area (Å²) in [6.45, 7) is 7.10. The quantitative estimate of drug-likeness (QED) is 0.712. The van der Waals surface area contributed by atoms with E-state index < -0.39 is 5.41 Å². The Morgan fingerprint density at radius 3 is 2.84 bits per heavy atom. The molecule has 3 heterocycles. The summed E-state index contributed by atoms with van der Waals surface area (Å²) < 4.78 is 11.1. The van der Waals surface area contributed by atoms with Crippen LogP contribution in [0.15, 0.2) is 18.3 Å². The lowest BCUT2D eigenvalue weighted by Gasteiger charge is -2.52. The van der Waals surface area contributed by atoms with Gasteiger partial charge in [0.2, 0.25) is 0 Å². The highest BCUT2D eigenvalue weighted by atomic mass is 16.5. The minimum atomic E-state index is -0.547. The Morgan fingerprint density at radius 2 is 2.10 bits per heavy atom. The van der Waals surface area contributed by atoms with Gasteiger partial charge in [-0.1, -0.05) is 0 Å².